The van der Waals surface area contributed by atoms with Crippen molar-refractivity contribution in [3.8, 4) is 0 Å². The van der Waals surface area contributed by atoms with E-state index in [1.807, 2.05) is 0 Å². The molecule has 0 saturated heterocycles. The van der Waals surface area contributed by atoms with E-state index in [2.05, 4.69) is 69.6 Å². The molecular weight excluding hydrogens is 332 g/mol. The van der Waals surface area contributed by atoms with E-state index >= 15 is 0 Å². The fraction of sp³-hybridized carbons (Fsp3) is 0.125. The Bertz CT molecular complexity index is 736. The normalized spacial score (nSPS) is 11.1. The number of nitrogens with two attached hydrogens (primary N) is 1. The average Bonchev–Trinajstić information content (AvgIpc) is 2.84. The van der Waals surface area contributed by atoms with Gasteiger partial charge in [0.1, 0.15) is 0 Å². The number of aromatic amines is 1. The van der Waals surface area contributed by atoms with Gasteiger partial charge in [-0.1, -0.05) is 45.9 Å². The van der Waals surface area contributed by atoms with Gasteiger partial charge in [0, 0.05) is 31.4 Å². The Labute approximate surface area is 130 Å². The molecule has 3 aromatic rings. The maximum atomic E-state index is 5.69. The van der Waals surface area contributed by atoms with Crippen LogP contribution in [0, 0.1) is 0 Å². The summed E-state index contributed by atoms with van der Waals surface area (Å²) in [4.78, 5) is 5.84. The summed E-state index contributed by atoms with van der Waals surface area (Å²) in [6.07, 6.45) is 2.98. The molecule has 0 aliphatic carbocycles. The summed E-state index contributed by atoms with van der Waals surface area (Å²) in [6.45, 7) is 0.678. The first-order chi connectivity index (χ1) is 9.78. The summed E-state index contributed by atoms with van der Waals surface area (Å²) in [7, 11) is 0. The summed E-state index contributed by atoms with van der Waals surface area (Å²) in [6, 6.07) is 14.8. The van der Waals surface area contributed by atoms with Crippen molar-refractivity contribution in [1.29, 1.82) is 0 Å². The second-order valence-corrected chi connectivity index (χ2v) is 6.59. The maximum Gasteiger partial charge on any atom is 0.0466 e. The lowest BCUT2D eigenvalue weighted by Gasteiger charge is -2.07. The van der Waals surface area contributed by atoms with Gasteiger partial charge < -0.3 is 10.7 Å². The molecular formula is C16H15BrN2S. The molecule has 2 aromatic carbocycles. The highest BCUT2D eigenvalue weighted by molar-refractivity contribution is 9.10. The molecule has 4 heteroatoms. The van der Waals surface area contributed by atoms with Gasteiger partial charge >= 0.3 is 0 Å². The van der Waals surface area contributed by atoms with Crippen LogP contribution in [0.4, 0.5) is 0 Å². The quantitative estimate of drug-likeness (QED) is 0.725. The fourth-order valence-electron chi connectivity index (χ4n) is 2.24. The van der Waals surface area contributed by atoms with Gasteiger partial charge in [0.2, 0.25) is 0 Å². The Morgan fingerprint density at radius 2 is 1.95 bits per heavy atom. The molecule has 102 valence electrons. The van der Waals surface area contributed by atoms with E-state index in [0.29, 0.717) is 6.54 Å². The molecule has 0 bridgehead atoms. The second kappa shape index (κ2) is 6.04. The minimum absolute atomic E-state index is 0.678. The van der Waals surface area contributed by atoms with Crippen LogP contribution in [0.3, 0.4) is 0 Å². The smallest absolute Gasteiger partial charge is 0.0466 e. The van der Waals surface area contributed by atoms with Gasteiger partial charge in [-0.3, -0.25) is 0 Å². The molecule has 0 radical (unpaired) electrons. The molecule has 0 aliphatic rings. The van der Waals surface area contributed by atoms with Crippen LogP contribution in [0.15, 0.2) is 62.9 Å². The Hall–Kier alpha value is -1.23. The SMILES string of the molecule is NCCc1ccccc1Sc1c[nH]c2ccc(Br)cc12. The number of hydrogen-bond donors (Lipinski definition) is 2. The lowest BCUT2D eigenvalue weighted by atomic mass is 10.1. The standard InChI is InChI=1S/C16H15BrN2S/c17-12-5-6-14-13(9-12)16(10-19-14)20-15-4-2-1-3-11(15)7-8-18/h1-6,9-10,19H,7-8,18H2. The number of nitrogens with one attached hydrogen (secondary N) is 1. The summed E-state index contributed by atoms with van der Waals surface area (Å²) >= 11 is 5.33. The summed E-state index contributed by atoms with van der Waals surface area (Å²) in [5.74, 6) is 0. The van der Waals surface area contributed by atoms with Crippen LogP contribution in [0.2, 0.25) is 0 Å². The molecule has 0 amide bonds. The number of H-pyrrole nitrogens is 1. The number of fused-ring (bicyclic) bond motifs is 1. The molecule has 0 unspecified atom stereocenters. The first kappa shape index (κ1) is 13.7. The van der Waals surface area contributed by atoms with Crippen LogP contribution >= 0.6 is 27.7 Å². The van der Waals surface area contributed by atoms with Crippen LogP contribution in [0.25, 0.3) is 10.9 Å². The van der Waals surface area contributed by atoms with Crippen LogP contribution in [0.1, 0.15) is 5.56 Å². The number of halogens is 1. The number of aromatic nitrogens is 1. The molecule has 3 N–H and O–H groups in total. The van der Waals surface area contributed by atoms with Gasteiger partial charge in [0.15, 0.2) is 0 Å². The zero-order valence-electron chi connectivity index (χ0n) is 10.9. The Morgan fingerprint density at radius 1 is 1.10 bits per heavy atom. The van der Waals surface area contributed by atoms with E-state index in [4.69, 9.17) is 5.73 Å². The van der Waals surface area contributed by atoms with Gasteiger partial charge in [-0.05, 0) is 42.8 Å². The third-order valence-corrected chi connectivity index (χ3v) is 4.88. The number of hydrogen-bond acceptors (Lipinski definition) is 2. The number of benzene rings is 2. The van der Waals surface area contributed by atoms with Crippen molar-refractivity contribution in [3.63, 3.8) is 0 Å². The van der Waals surface area contributed by atoms with Crippen molar-refractivity contribution in [2.24, 2.45) is 5.73 Å². The predicted molar refractivity (Wildman–Crippen MR) is 89.3 cm³/mol. The number of rotatable bonds is 4. The molecule has 1 aromatic heterocycles. The Kier molecular flexibility index (Phi) is 4.15. The van der Waals surface area contributed by atoms with E-state index in [1.54, 1.807) is 11.8 Å². The molecule has 3 rings (SSSR count). The second-order valence-electron chi connectivity index (χ2n) is 4.59. The fourth-order valence-corrected chi connectivity index (χ4v) is 3.68. The lowest BCUT2D eigenvalue weighted by molar-refractivity contribution is 0.944. The van der Waals surface area contributed by atoms with Gasteiger partial charge in [-0.25, -0.2) is 0 Å². The van der Waals surface area contributed by atoms with Crippen LogP contribution in [0.5, 0.6) is 0 Å². The molecule has 2 nitrogen and oxygen atoms in total. The van der Waals surface area contributed by atoms with Crippen molar-refractivity contribution >= 4 is 38.6 Å². The van der Waals surface area contributed by atoms with Crippen LogP contribution in [-0.2, 0) is 6.42 Å². The summed E-state index contributed by atoms with van der Waals surface area (Å²) in [5.41, 5.74) is 8.16. The van der Waals surface area contributed by atoms with Gasteiger partial charge in [-0.15, -0.1) is 0 Å². The minimum atomic E-state index is 0.678. The molecule has 20 heavy (non-hydrogen) atoms. The highest BCUT2D eigenvalue weighted by atomic mass is 79.9. The highest BCUT2D eigenvalue weighted by Crippen LogP contribution is 2.36. The lowest BCUT2D eigenvalue weighted by Crippen LogP contribution is -2.03. The summed E-state index contributed by atoms with van der Waals surface area (Å²) in [5, 5.41) is 1.24. The molecule has 1 heterocycles. The monoisotopic (exact) mass is 346 g/mol. The predicted octanol–water partition coefficient (Wildman–Crippen LogP) is 4.58. The maximum absolute atomic E-state index is 5.69. The zero-order valence-corrected chi connectivity index (χ0v) is 13.3. The summed E-state index contributed by atoms with van der Waals surface area (Å²) < 4.78 is 1.10. The third kappa shape index (κ3) is 2.77. The van der Waals surface area contributed by atoms with Crippen LogP contribution < -0.4 is 5.73 Å². The average molecular weight is 347 g/mol. The van der Waals surface area contributed by atoms with Crippen molar-refractivity contribution in [1.82, 2.24) is 4.98 Å². The Balaban J connectivity index is 1.99. The van der Waals surface area contributed by atoms with Crippen molar-refractivity contribution in [3.05, 3.63) is 58.7 Å². The highest BCUT2D eigenvalue weighted by Gasteiger charge is 2.08. The molecule has 0 spiro atoms. The van der Waals surface area contributed by atoms with Crippen molar-refractivity contribution < 1.29 is 0 Å². The first-order valence-electron chi connectivity index (χ1n) is 6.50. The van der Waals surface area contributed by atoms with Crippen LogP contribution in [-0.4, -0.2) is 11.5 Å². The van der Waals surface area contributed by atoms with Crippen molar-refractivity contribution in [2.75, 3.05) is 6.54 Å². The van der Waals surface area contributed by atoms with E-state index in [0.717, 1.165) is 16.4 Å². The van der Waals surface area contributed by atoms with Gasteiger partial charge in [-0.2, -0.15) is 0 Å². The molecule has 0 aliphatic heterocycles. The van der Waals surface area contributed by atoms with Gasteiger partial charge in [0.25, 0.3) is 0 Å². The minimum Gasteiger partial charge on any atom is -0.360 e. The Morgan fingerprint density at radius 3 is 2.80 bits per heavy atom. The zero-order chi connectivity index (χ0) is 13.9. The molecule has 0 atom stereocenters. The van der Waals surface area contributed by atoms with E-state index in [9.17, 15) is 0 Å². The largest absolute Gasteiger partial charge is 0.360 e. The van der Waals surface area contributed by atoms with E-state index < -0.39 is 0 Å². The first-order valence-corrected chi connectivity index (χ1v) is 8.11. The molecule has 0 saturated carbocycles. The van der Waals surface area contributed by atoms with E-state index in [-0.39, 0.29) is 0 Å². The topological polar surface area (TPSA) is 41.8 Å². The van der Waals surface area contributed by atoms with Crippen molar-refractivity contribution in [2.45, 2.75) is 16.2 Å². The third-order valence-electron chi connectivity index (χ3n) is 3.21. The molecule has 0 fully saturated rings. The van der Waals surface area contributed by atoms with Gasteiger partial charge in [0.05, 0.1) is 0 Å². The van der Waals surface area contributed by atoms with E-state index in [1.165, 1.54) is 20.7 Å².